The van der Waals surface area contributed by atoms with Gasteiger partial charge in [-0.05, 0) is 25.5 Å². The molecule has 2 aromatic heterocycles. The van der Waals surface area contributed by atoms with E-state index in [0.29, 0.717) is 26.2 Å². The average molecular weight is 468 g/mol. The first-order valence-corrected chi connectivity index (χ1v) is 10.6. The van der Waals surface area contributed by atoms with Crippen molar-refractivity contribution in [2.24, 2.45) is 0 Å². The molecule has 0 bridgehead atoms. The van der Waals surface area contributed by atoms with Gasteiger partial charge in [0.2, 0.25) is 5.91 Å². The zero-order chi connectivity index (χ0) is 24.0. The number of halogens is 3. The lowest BCUT2D eigenvalue weighted by Crippen LogP contribution is -2.49. The highest BCUT2D eigenvalue weighted by atomic mass is 19.4. The molecule has 1 fully saturated rings. The second-order valence-electron chi connectivity index (χ2n) is 7.92. The van der Waals surface area contributed by atoms with Gasteiger partial charge in [0, 0.05) is 38.4 Å². The molecule has 1 aliphatic rings. The van der Waals surface area contributed by atoms with Gasteiger partial charge in [-0.15, -0.1) is 0 Å². The molecule has 1 amide bonds. The van der Waals surface area contributed by atoms with Crippen LogP contribution in [0.4, 0.5) is 24.7 Å². The number of piperazine rings is 1. The summed E-state index contributed by atoms with van der Waals surface area (Å²) in [5.41, 5.74) is -1.98. The second-order valence-corrected chi connectivity index (χ2v) is 7.92. The van der Waals surface area contributed by atoms with Crippen LogP contribution in [0.5, 0.6) is 0 Å². The number of ether oxygens (including phenoxy) is 1. The van der Waals surface area contributed by atoms with Gasteiger partial charge >= 0.3 is 6.18 Å². The number of aromatic nitrogens is 3. The van der Waals surface area contributed by atoms with E-state index >= 15 is 0 Å². The zero-order valence-electron chi connectivity index (χ0n) is 18.5. The van der Waals surface area contributed by atoms with Crippen LogP contribution in [-0.2, 0) is 15.7 Å². The van der Waals surface area contributed by atoms with Gasteiger partial charge in [0.25, 0.3) is 5.56 Å². The maximum Gasteiger partial charge on any atom is 0.423 e. The fraction of sp³-hybridized carbons (Fsp3) is 0.524. The van der Waals surface area contributed by atoms with Crippen LogP contribution in [0.3, 0.4) is 0 Å². The van der Waals surface area contributed by atoms with E-state index in [-0.39, 0.29) is 25.5 Å². The van der Waals surface area contributed by atoms with Crippen LogP contribution in [-0.4, -0.2) is 71.4 Å². The van der Waals surface area contributed by atoms with E-state index in [1.54, 1.807) is 16.9 Å². The topological polar surface area (TPSA) is 103 Å². The highest BCUT2D eigenvalue weighted by molar-refractivity contribution is 5.76. The molecule has 180 valence electrons. The quantitative estimate of drug-likeness (QED) is 0.572. The number of alkyl halides is 3. The average Bonchev–Trinajstić information content (AvgIpc) is 2.76. The lowest BCUT2D eigenvalue weighted by Gasteiger charge is -2.35. The summed E-state index contributed by atoms with van der Waals surface area (Å²) in [4.78, 5) is 32.3. The van der Waals surface area contributed by atoms with E-state index in [9.17, 15) is 22.8 Å². The molecule has 0 spiro atoms. The maximum atomic E-state index is 13.1. The minimum Gasteiger partial charge on any atom is -0.379 e. The van der Waals surface area contributed by atoms with Gasteiger partial charge in [0.1, 0.15) is 11.4 Å². The van der Waals surface area contributed by atoms with Crippen molar-refractivity contribution >= 4 is 17.4 Å². The first-order valence-electron chi connectivity index (χ1n) is 10.6. The third-order valence-electron chi connectivity index (χ3n) is 5.22. The van der Waals surface area contributed by atoms with Crippen molar-refractivity contribution in [2.45, 2.75) is 32.5 Å². The van der Waals surface area contributed by atoms with Crippen molar-refractivity contribution < 1.29 is 22.7 Å². The summed E-state index contributed by atoms with van der Waals surface area (Å²) in [6.45, 7) is 6.34. The molecule has 2 N–H and O–H groups in total. The van der Waals surface area contributed by atoms with Crippen LogP contribution < -0.4 is 15.8 Å². The Bertz CT molecular complexity index is 988. The van der Waals surface area contributed by atoms with Crippen LogP contribution in [0.15, 0.2) is 29.3 Å². The number of aromatic amines is 1. The zero-order valence-corrected chi connectivity index (χ0v) is 18.5. The molecule has 33 heavy (non-hydrogen) atoms. The molecule has 0 unspecified atom stereocenters. The number of hydrogen-bond donors (Lipinski definition) is 2. The summed E-state index contributed by atoms with van der Waals surface area (Å²) in [6, 6.07) is 3.44. The summed E-state index contributed by atoms with van der Waals surface area (Å²) < 4.78 is 44.8. The first kappa shape index (κ1) is 24.5. The lowest BCUT2D eigenvalue weighted by atomic mass is 10.2. The third kappa shape index (κ3) is 6.67. The standard InChI is InChI=1S/C21H27F3N6O3/c1-14-3-4-17(25-11-14)29-6-8-30(9-7-29)18(31)5-10-33-13-15(2)27-16-12-26-28-20(32)19(16)21(22,23)24/h3-4,11-12,15H,5-10,13H2,1-2H3,(H2,27,28,32)/t15-/m0/s1. The van der Waals surface area contributed by atoms with E-state index in [0.717, 1.165) is 17.6 Å². The molecule has 1 aliphatic heterocycles. The second kappa shape index (κ2) is 10.6. The predicted molar refractivity (Wildman–Crippen MR) is 116 cm³/mol. The van der Waals surface area contributed by atoms with Crippen LogP contribution in [0.2, 0.25) is 0 Å². The Hall–Kier alpha value is -3.15. The number of carbonyl (C=O) groups is 1. The van der Waals surface area contributed by atoms with Crippen LogP contribution >= 0.6 is 0 Å². The van der Waals surface area contributed by atoms with Crippen molar-refractivity contribution in [1.82, 2.24) is 20.1 Å². The number of H-pyrrole nitrogens is 1. The number of nitrogens with zero attached hydrogens (tertiary/aromatic N) is 4. The normalized spacial score (nSPS) is 15.4. The van der Waals surface area contributed by atoms with Crippen molar-refractivity contribution in [3.8, 4) is 0 Å². The maximum absolute atomic E-state index is 13.1. The summed E-state index contributed by atoms with van der Waals surface area (Å²) >= 11 is 0. The monoisotopic (exact) mass is 468 g/mol. The Morgan fingerprint density at radius 2 is 1.97 bits per heavy atom. The fourth-order valence-corrected chi connectivity index (χ4v) is 3.51. The van der Waals surface area contributed by atoms with Crippen LogP contribution in [0.1, 0.15) is 24.5 Å². The van der Waals surface area contributed by atoms with Crippen molar-refractivity contribution in [1.29, 1.82) is 0 Å². The molecule has 3 heterocycles. The number of pyridine rings is 1. The van der Waals surface area contributed by atoms with E-state index in [4.69, 9.17) is 4.74 Å². The van der Waals surface area contributed by atoms with E-state index in [1.807, 2.05) is 25.3 Å². The Balaban J connectivity index is 1.39. The van der Waals surface area contributed by atoms with Crippen molar-refractivity contribution in [3.05, 3.63) is 46.0 Å². The lowest BCUT2D eigenvalue weighted by molar-refractivity contribution is -0.138. The molecule has 9 nitrogen and oxygen atoms in total. The van der Waals surface area contributed by atoms with Gasteiger partial charge in [-0.25, -0.2) is 10.1 Å². The molecule has 0 radical (unpaired) electrons. The number of rotatable bonds is 8. The number of anilines is 2. The molecule has 0 aromatic carbocycles. The van der Waals surface area contributed by atoms with Gasteiger partial charge < -0.3 is 19.9 Å². The summed E-state index contributed by atoms with van der Waals surface area (Å²) in [7, 11) is 0. The van der Waals surface area contributed by atoms with E-state index in [2.05, 4.69) is 20.3 Å². The summed E-state index contributed by atoms with van der Waals surface area (Å²) in [5.74, 6) is 0.854. The number of carbonyl (C=O) groups excluding carboxylic acids is 1. The highest BCUT2D eigenvalue weighted by Crippen LogP contribution is 2.31. The third-order valence-corrected chi connectivity index (χ3v) is 5.22. The fourth-order valence-electron chi connectivity index (χ4n) is 3.51. The van der Waals surface area contributed by atoms with Crippen LogP contribution in [0, 0.1) is 6.92 Å². The highest BCUT2D eigenvalue weighted by Gasteiger charge is 2.37. The molecule has 1 atom stereocenters. The molecule has 3 rings (SSSR count). The number of aryl methyl sites for hydroxylation is 1. The van der Waals surface area contributed by atoms with E-state index < -0.39 is 29.0 Å². The van der Waals surface area contributed by atoms with Crippen LogP contribution in [0.25, 0.3) is 0 Å². The Labute approximate surface area is 188 Å². The van der Waals surface area contributed by atoms with Crippen molar-refractivity contribution in [3.63, 3.8) is 0 Å². The first-order chi connectivity index (χ1) is 15.6. The van der Waals surface area contributed by atoms with Gasteiger partial charge in [-0.2, -0.15) is 18.3 Å². The Kier molecular flexibility index (Phi) is 7.90. The van der Waals surface area contributed by atoms with Gasteiger partial charge in [-0.3, -0.25) is 9.59 Å². The van der Waals surface area contributed by atoms with E-state index in [1.165, 1.54) is 0 Å². The van der Waals surface area contributed by atoms with Gasteiger partial charge in [-0.1, -0.05) is 6.07 Å². The molecule has 0 saturated carbocycles. The van der Waals surface area contributed by atoms with Crippen molar-refractivity contribution in [2.75, 3.05) is 49.6 Å². The largest absolute Gasteiger partial charge is 0.423 e. The SMILES string of the molecule is Cc1ccc(N2CCN(C(=O)CCOC[C@H](C)Nc3cn[nH]c(=O)c3C(F)(F)F)CC2)nc1. The van der Waals surface area contributed by atoms with Gasteiger partial charge in [0.05, 0.1) is 31.5 Å². The van der Waals surface area contributed by atoms with Gasteiger partial charge in [0.15, 0.2) is 0 Å². The Morgan fingerprint density at radius 1 is 1.24 bits per heavy atom. The predicted octanol–water partition coefficient (Wildman–Crippen LogP) is 2.05. The molecule has 0 aliphatic carbocycles. The minimum absolute atomic E-state index is 0.0368. The number of nitrogens with one attached hydrogen (secondary N) is 2. The smallest absolute Gasteiger partial charge is 0.379 e. The summed E-state index contributed by atoms with van der Waals surface area (Å²) in [6.07, 6.45) is -1.91. The molecule has 2 aromatic rings. The Morgan fingerprint density at radius 3 is 2.61 bits per heavy atom. The summed E-state index contributed by atoms with van der Waals surface area (Å²) in [5, 5.41) is 7.80. The molecular formula is C21H27F3N6O3. The molecule has 1 saturated heterocycles. The molecular weight excluding hydrogens is 441 g/mol. The number of amides is 1. The molecule has 12 heteroatoms. The number of hydrogen-bond acceptors (Lipinski definition) is 7. The minimum atomic E-state index is -4.81.